The van der Waals surface area contributed by atoms with E-state index < -0.39 is 0 Å². The summed E-state index contributed by atoms with van der Waals surface area (Å²) in [5.74, 6) is 0.379. The van der Waals surface area contributed by atoms with Gasteiger partial charge in [0.15, 0.2) is 0 Å². The van der Waals surface area contributed by atoms with Gasteiger partial charge in [-0.05, 0) is 62.2 Å². The van der Waals surface area contributed by atoms with Crippen molar-refractivity contribution in [2.24, 2.45) is 0 Å². The maximum absolute atomic E-state index is 13.5. The number of fused-ring (bicyclic) bond motifs is 3. The maximum Gasteiger partial charge on any atom is 0.241 e. The zero-order chi connectivity index (χ0) is 22.8. The summed E-state index contributed by atoms with van der Waals surface area (Å²) in [5.41, 5.74) is 3.06. The Morgan fingerprint density at radius 1 is 1.12 bits per heavy atom. The minimum atomic E-state index is -0.306. The molecule has 0 bridgehead atoms. The molecule has 1 aliphatic rings. The second-order valence-corrected chi connectivity index (χ2v) is 8.55. The molecule has 1 amide bonds. The lowest BCUT2D eigenvalue weighted by atomic mass is 9.95. The van der Waals surface area contributed by atoms with Crippen LogP contribution in [0.2, 0.25) is 0 Å². The van der Waals surface area contributed by atoms with Gasteiger partial charge in [-0.15, -0.1) is 0 Å². The fourth-order valence-corrected chi connectivity index (χ4v) is 4.68. The van der Waals surface area contributed by atoms with Gasteiger partial charge in [0.2, 0.25) is 5.91 Å². The molecular formula is C26H27FN4O2. The van der Waals surface area contributed by atoms with Gasteiger partial charge in [0.1, 0.15) is 23.8 Å². The Kier molecular flexibility index (Phi) is 5.94. The quantitative estimate of drug-likeness (QED) is 0.440. The minimum absolute atomic E-state index is 0.0529. The van der Waals surface area contributed by atoms with Crippen LogP contribution in [0.1, 0.15) is 39.0 Å². The van der Waals surface area contributed by atoms with Crippen molar-refractivity contribution in [1.82, 2.24) is 20.1 Å². The van der Waals surface area contributed by atoms with Gasteiger partial charge in [0.25, 0.3) is 0 Å². The molecule has 0 aliphatic heterocycles. The van der Waals surface area contributed by atoms with Gasteiger partial charge in [-0.3, -0.25) is 14.5 Å². The van der Waals surface area contributed by atoms with Crippen LogP contribution in [-0.2, 0) is 11.3 Å². The highest BCUT2D eigenvalue weighted by Crippen LogP contribution is 2.33. The number of amides is 1. The number of hydrogen-bond donors (Lipinski definition) is 1. The predicted molar refractivity (Wildman–Crippen MR) is 127 cm³/mol. The molecule has 1 N–H and O–H groups in total. The lowest BCUT2D eigenvalue weighted by Gasteiger charge is -2.22. The van der Waals surface area contributed by atoms with Gasteiger partial charge < -0.3 is 10.1 Å². The molecule has 2 aromatic heterocycles. The monoisotopic (exact) mass is 446 g/mol. The number of carbonyl (C=O) groups excluding carboxylic acids is 1. The molecular weight excluding hydrogens is 419 g/mol. The minimum Gasteiger partial charge on any atom is -0.494 e. The molecule has 170 valence electrons. The van der Waals surface area contributed by atoms with Gasteiger partial charge in [-0.2, -0.15) is 5.10 Å². The van der Waals surface area contributed by atoms with Crippen LogP contribution in [0.25, 0.3) is 33.1 Å². The SMILES string of the molecule is CCOc1ccc2ncc3c(-c4ccc(F)cc4)nn(CC(=O)NC4CCCCC4)c3c2c1. The molecule has 4 aromatic rings. The van der Waals surface area contributed by atoms with Crippen molar-refractivity contribution in [2.75, 3.05) is 6.61 Å². The Balaban J connectivity index is 1.61. The molecule has 1 aliphatic carbocycles. The summed E-state index contributed by atoms with van der Waals surface area (Å²) >= 11 is 0. The van der Waals surface area contributed by atoms with Crippen LogP contribution >= 0.6 is 0 Å². The fraction of sp³-hybridized carbons (Fsp3) is 0.346. The first kappa shape index (κ1) is 21.4. The number of rotatable bonds is 6. The molecule has 2 heterocycles. The average Bonchev–Trinajstić information content (AvgIpc) is 3.19. The molecule has 0 saturated heterocycles. The van der Waals surface area contributed by atoms with E-state index in [4.69, 9.17) is 9.84 Å². The molecule has 0 unspecified atom stereocenters. The van der Waals surface area contributed by atoms with Crippen molar-refractivity contribution in [3.8, 4) is 17.0 Å². The van der Waals surface area contributed by atoms with Gasteiger partial charge in [0, 0.05) is 28.6 Å². The van der Waals surface area contributed by atoms with Gasteiger partial charge in [-0.25, -0.2) is 4.39 Å². The third-order valence-electron chi connectivity index (χ3n) is 6.24. The first-order valence-electron chi connectivity index (χ1n) is 11.6. The van der Waals surface area contributed by atoms with E-state index in [1.54, 1.807) is 23.0 Å². The zero-order valence-corrected chi connectivity index (χ0v) is 18.7. The second-order valence-electron chi connectivity index (χ2n) is 8.55. The van der Waals surface area contributed by atoms with Crippen molar-refractivity contribution in [3.63, 3.8) is 0 Å². The van der Waals surface area contributed by atoms with Crippen LogP contribution in [0.5, 0.6) is 5.75 Å². The number of aromatic nitrogens is 3. The van der Waals surface area contributed by atoms with Crippen LogP contribution in [0.4, 0.5) is 4.39 Å². The zero-order valence-electron chi connectivity index (χ0n) is 18.7. The van der Waals surface area contributed by atoms with Crippen LogP contribution in [-0.4, -0.2) is 33.3 Å². The van der Waals surface area contributed by atoms with Gasteiger partial charge in [-0.1, -0.05) is 19.3 Å². The van der Waals surface area contributed by atoms with Crippen molar-refractivity contribution in [3.05, 3.63) is 54.5 Å². The summed E-state index contributed by atoms with van der Waals surface area (Å²) in [4.78, 5) is 17.6. The van der Waals surface area contributed by atoms with Gasteiger partial charge >= 0.3 is 0 Å². The highest BCUT2D eigenvalue weighted by molar-refractivity contribution is 6.08. The van der Waals surface area contributed by atoms with Crippen molar-refractivity contribution < 1.29 is 13.9 Å². The number of halogens is 1. The molecule has 0 spiro atoms. The van der Waals surface area contributed by atoms with E-state index in [0.29, 0.717) is 12.3 Å². The first-order chi connectivity index (χ1) is 16.1. The molecule has 5 rings (SSSR count). The summed E-state index contributed by atoms with van der Waals surface area (Å²) in [6.45, 7) is 2.60. The van der Waals surface area contributed by atoms with E-state index in [9.17, 15) is 9.18 Å². The van der Waals surface area contributed by atoms with Crippen LogP contribution < -0.4 is 10.1 Å². The summed E-state index contributed by atoms with van der Waals surface area (Å²) in [7, 11) is 0. The van der Waals surface area contributed by atoms with Crippen molar-refractivity contribution in [2.45, 2.75) is 51.6 Å². The fourth-order valence-electron chi connectivity index (χ4n) is 4.68. The van der Waals surface area contributed by atoms with Gasteiger partial charge in [0.05, 0.1) is 17.6 Å². The highest BCUT2D eigenvalue weighted by atomic mass is 19.1. The molecule has 6 nitrogen and oxygen atoms in total. The largest absolute Gasteiger partial charge is 0.494 e. The summed E-state index contributed by atoms with van der Waals surface area (Å²) in [6, 6.07) is 12.2. The topological polar surface area (TPSA) is 69.0 Å². The molecule has 1 saturated carbocycles. The average molecular weight is 447 g/mol. The molecule has 33 heavy (non-hydrogen) atoms. The molecule has 1 fully saturated rings. The van der Waals surface area contributed by atoms with E-state index in [2.05, 4.69) is 10.3 Å². The smallest absolute Gasteiger partial charge is 0.241 e. The van der Waals surface area contributed by atoms with E-state index in [1.807, 2.05) is 25.1 Å². The Bertz CT molecular complexity index is 1290. The predicted octanol–water partition coefficient (Wildman–Crippen LogP) is 5.24. The lowest BCUT2D eigenvalue weighted by Crippen LogP contribution is -2.38. The van der Waals surface area contributed by atoms with Crippen molar-refractivity contribution >= 4 is 27.7 Å². The molecule has 0 atom stereocenters. The van der Waals surface area contributed by atoms with E-state index >= 15 is 0 Å². The summed E-state index contributed by atoms with van der Waals surface area (Å²) in [5, 5.41) is 9.66. The van der Waals surface area contributed by atoms with Crippen LogP contribution in [0, 0.1) is 5.82 Å². The summed E-state index contributed by atoms with van der Waals surface area (Å²) in [6.07, 6.45) is 7.37. The number of hydrogen-bond acceptors (Lipinski definition) is 4. The lowest BCUT2D eigenvalue weighted by molar-refractivity contribution is -0.122. The number of nitrogens with one attached hydrogen (secondary N) is 1. The first-order valence-corrected chi connectivity index (χ1v) is 11.6. The Labute approximate surface area is 191 Å². The molecule has 7 heteroatoms. The number of pyridine rings is 1. The third kappa shape index (κ3) is 4.40. The normalized spacial score (nSPS) is 14.6. The number of ether oxygens (including phenoxy) is 1. The van der Waals surface area contributed by atoms with E-state index in [1.165, 1.54) is 18.6 Å². The highest BCUT2D eigenvalue weighted by Gasteiger charge is 2.20. The Morgan fingerprint density at radius 2 is 1.91 bits per heavy atom. The van der Waals surface area contributed by atoms with E-state index in [-0.39, 0.29) is 24.3 Å². The second kappa shape index (κ2) is 9.17. The molecule has 0 radical (unpaired) electrons. The van der Waals surface area contributed by atoms with Crippen LogP contribution in [0.3, 0.4) is 0 Å². The Hall–Kier alpha value is -3.48. The van der Waals surface area contributed by atoms with E-state index in [0.717, 1.165) is 58.8 Å². The number of carbonyl (C=O) groups is 1. The standard InChI is InChI=1S/C26H27FN4O2/c1-2-33-20-12-13-23-21(14-20)26-22(15-28-23)25(17-8-10-18(27)11-9-17)30-31(26)16-24(32)29-19-6-4-3-5-7-19/h8-15,19H,2-7,16H2,1H3,(H,29,32). The third-order valence-corrected chi connectivity index (χ3v) is 6.24. The Morgan fingerprint density at radius 3 is 2.67 bits per heavy atom. The van der Waals surface area contributed by atoms with Crippen molar-refractivity contribution in [1.29, 1.82) is 0 Å². The van der Waals surface area contributed by atoms with Crippen LogP contribution in [0.15, 0.2) is 48.7 Å². The molecule has 2 aromatic carbocycles. The summed E-state index contributed by atoms with van der Waals surface area (Å²) < 4.78 is 21.0. The maximum atomic E-state index is 13.5. The number of nitrogens with zero attached hydrogens (tertiary/aromatic N) is 3. The number of benzene rings is 2.